The van der Waals surface area contributed by atoms with Gasteiger partial charge < -0.3 is 20.6 Å². The fourth-order valence-electron chi connectivity index (χ4n) is 3.70. The van der Waals surface area contributed by atoms with E-state index in [0.29, 0.717) is 43.9 Å². The number of anilines is 4. The van der Waals surface area contributed by atoms with Crippen molar-refractivity contribution in [2.24, 2.45) is 0 Å². The van der Waals surface area contributed by atoms with Crippen LogP contribution in [0.1, 0.15) is 21.1 Å². The van der Waals surface area contributed by atoms with Crippen molar-refractivity contribution < 1.29 is 9.90 Å². The number of benzene rings is 1. The van der Waals surface area contributed by atoms with E-state index >= 15 is 0 Å². The van der Waals surface area contributed by atoms with Crippen molar-refractivity contribution >= 4 is 62.9 Å². The smallest absolute Gasteiger partial charge is 0.267 e. The molecular formula is C22H25Cl2N7O2S. The zero-order chi connectivity index (χ0) is 24.2. The summed E-state index contributed by atoms with van der Waals surface area (Å²) in [5, 5.41) is 16.6. The fraction of sp³-hybridized carbons (Fsp3) is 0.364. The van der Waals surface area contributed by atoms with E-state index in [1.165, 1.54) is 17.5 Å². The first kappa shape index (κ1) is 24.6. The lowest BCUT2D eigenvalue weighted by atomic mass is 10.2. The number of halogens is 2. The van der Waals surface area contributed by atoms with Crippen LogP contribution >= 0.6 is 34.5 Å². The van der Waals surface area contributed by atoms with E-state index in [2.05, 4.69) is 35.4 Å². The van der Waals surface area contributed by atoms with Crippen LogP contribution in [-0.2, 0) is 0 Å². The second kappa shape index (κ2) is 10.8. The number of nitrogens with zero attached hydrogens (tertiary/aromatic N) is 5. The highest BCUT2D eigenvalue weighted by Gasteiger charge is 2.19. The summed E-state index contributed by atoms with van der Waals surface area (Å²) in [6.45, 7) is 7.91. The molecule has 3 N–H and O–H groups in total. The van der Waals surface area contributed by atoms with Gasteiger partial charge in [0.2, 0.25) is 0 Å². The quantitative estimate of drug-likeness (QED) is 0.428. The van der Waals surface area contributed by atoms with Crippen LogP contribution in [0.4, 0.5) is 22.5 Å². The van der Waals surface area contributed by atoms with Gasteiger partial charge in [0.05, 0.1) is 23.5 Å². The van der Waals surface area contributed by atoms with E-state index in [-0.39, 0.29) is 12.5 Å². The number of hydrogen-bond acceptors (Lipinski definition) is 9. The summed E-state index contributed by atoms with van der Waals surface area (Å²) in [6.07, 6.45) is 1.51. The molecule has 34 heavy (non-hydrogen) atoms. The Morgan fingerprint density at radius 2 is 1.91 bits per heavy atom. The van der Waals surface area contributed by atoms with Gasteiger partial charge >= 0.3 is 0 Å². The molecule has 180 valence electrons. The van der Waals surface area contributed by atoms with Crippen LogP contribution in [0.15, 0.2) is 24.4 Å². The zero-order valence-electron chi connectivity index (χ0n) is 18.8. The number of carbonyl (C=O) groups excluding carboxylic acids is 1. The van der Waals surface area contributed by atoms with Crippen LogP contribution in [0.2, 0.25) is 10.0 Å². The Bertz CT molecular complexity index is 1160. The predicted molar refractivity (Wildman–Crippen MR) is 137 cm³/mol. The van der Waals surface area contributed by atoms with E-state index in [9.17, 15) is 4.79 Å². The average Bonchev–Trinajstić information content (AvgIpc) is 3.25. The lowest BCUT2D eigenvalue weighted by molar-refractivity contribution is 0.103. The second-order valence-corrected chi connectivity index (χ2v) is 9.77. The Hall–Kier alpha value is -2.50. The molecule has 1 saturated heterocycles. The Kier molecular flexibility index (Phi) is 7.84. The molecule has 0 radical (unpaired) electrons. The number of thiazole rings is 1. The van der Waals surface area contributed by atoms with Crippen LogP contribution < -0.4 is 15.5 Å². The summed E-state index contributed by atoms with van der Waals surface area (Å²) < 4.78 is 0. The summed E-state index contributed by atoms with van der Waals surface area (Å²) in [6, 6.07) is 5.21. The summed E-state index contributed by atoms with van der Waals surface area (Å²) in [5.41, 5.74) is 1.30. The molecule has 4 rings (SSSR count). The zero-order valence-corrected chi connectivity index (χ0v) is 21.1. The monoisotopic (exact) mass is 521 g/mol. The van der Waals surface area contributed by atoms with Crippen molar-refractivity contribution in [3.05, 3.63) is 50.7 Å². The summed E-state index contributed by atoms with van der Waals surface area (Å²) >= 11 is 13.5. The van der Waals surface area contributed by atoms with Gasteiger partial charge in [-0.15, -0.1) is 0 Å². The van der Waals surface area contributed by atoms with E-state index in [1.807, 2.05) is 19.9 Å². The number of aryl methyl sites for hydroxylation is 2. The Morgan fingerprint density at radius 1 is 1.15 bits per heavy atom. The van der Waals surface area contributed by atoms with Crippen LogP contribution in [0, 0.1) is 13.8 Å². The summed E-state index contributed by atoms with van der Waals surface area (Å²) in [7, 11) is 0. The standard InChI is InChI=1S/C22H25Cl2N7O2S/c1-13-9-15(23)10-16(24)20(13)29-21(33)17-12-25-22(34-17)28-18-11-19(27-14(2)26-18)31-5-3-30(4-6-31)7-8-32/h9-12,32H,3-8H2,1-2H3,(H,29,33)(H,25,26,27,28). The van der Waals surface area contributed by atoms with Crippen molar-refractivity contribution in [3.8, 4) is 0 Å². The third-order valence-electron chi connectivity index (χ3n) is 5.39. The van der Waals surface area contributed by atoms with E-state index in [0.717, 1.165) is 37.6 Å². The third-order valence-corrected chi connectivity index (χ3v) is 6.82. The number of aliphatic hydroxyl groups is 1. The molecule has 1 aromatic carbocycles. The first-order valence-electron chi connectivity index (χ1n) is 10.8. The van der Waals surface area contributed by atoms with Gasteiger partial charge in [-0.2, -0.15) is 0 Å². The molecule has 1 aliphatic heterocycles. The highest BCUT2D eigenvalue weighted by atomic mass is 35.5. The number of rotatable bonds is 7. The summed E-state index contributed by atoms with van der Waals surface area (Å²) in [4.78, 5) is 31.0. The Morgan fingerprint density at radius 3 is 2.62 bits per heavy atom. The largest absolute Gasteiger partial charge is 0.395 e. The maximum Gasteiger partial charge on any atom is 0.267 e. The molecule has 1 aliphatic rings. The molecule has 0 unspecified atom stereocenters. The van der Waals surface area contributed by atoms with Crippen molar-refractivity contribution in [1.82, 2.24) is 19.9 Å². The topological polar surface area (TPSA) is 107 Å². The van der Waals surface area contributed by atoms with Gasteiger partial charge in [0, 0.05) is 43.8 Å². The molecule has 3 aromatic rings. The minimum Gasteiger partial charge on any atom is -0.395 e. The molecule has 0 atom stereocenters. The molecule has 2 aromatic heterocycles. The SMILES string of the molecule is Cc1nc(Nc2ncc(C(=O)Nc3c(C)cc(Cl)cc3Cl)s2)cc(N2CCN(CCO)CC2)n1. The van der Waals surface area contributed by atoms with Crippen molar-refractivity contribution in [1.29, 1.82) is 0 Å². The first-order chi connectivity index (χ1) is 16.3. The number of hydrogen-bond donors (Lipinski definition) is 3. The molecule has 0 aliphatic carbocycles. The number of aromatic nitrogens is 3. The first-order valence-corrected chi connectivity index (χ1v) is 12.3. The number of nitrogens with one attached hydrogen (secondary N) is 2. The van der Waals surface area contributed by atoms with Gasteiger partial charge in [0.1, 0.15) is 22.3 Å². The Balaban J connectivity index is 1.43. The number of amides is 1. The molecule has 0 spiro atoms. The number of piperazine rings is 1. The van der Waals surface area contributed by atoms with Crippen LogP contribution in [0.3, 0.4) is 0 Å². The highest BCUT2D eigenvalue weighted by Crippen LogP contribution is 2.31. The number of aliphatic hydroxyl groups excluding tert-OH is 1. The molecule has 12 heteroatoms. The maximum atomic E-state index is 12.7. The second-order valence-electron chi connectivity index (χ2n) is 7.90. The minimum atomic E-state index is -0.307. The van der Waals surface area contributed by atoms with Gasteiger partial charge in [0.25, 0.3) is 5.91 Å². The fourth-order valence-corrected chi connectivity index (χ4v) is 5.06. The van der Waals surface area contributed by atoms with Gasteiger partial charge in [-0.25, -0.2) is 15.0 Å². The molecule has 3 heterocycles. The molecule has 1 amide bonds. The van der Waals surface area contributed by atoms with Crippen molar-refractivity contribution in [2.45, 2.75) is 13.8 Å². The van der Waals surface area contributed by atoms with Crippen LogP contribution in [-0.4, -0.2) is 70.2 Å². The van der Waals surface area contributed by atoms with Crippen LogP contribution in [0.5, 0.6) is 0 Å². The normalized spacial score (nSPS) is 14.3. The lowest BCUT2D eigenvalue weighted by Crippen LogP contribution is -2.47. The molecular weight excluding hydrogens is 497 g/mol. The van der Waals surface area contributed by atoms with Gasteiger partial charge in [-0.3, -0.25) is 9.69 Å². The lowest BCUT2D eigenvalue weighted by Gasteiger charge is -2.35. The van der Waals surface area contributed by atoms with E-state index in [4.69, 9.17) is 28.3 Å². The maximum absolute atomic E-state index is 12.7. The third kappa shape index (κ3) is 5.94. The average molecular weight is 522 g/mol. The van der Waals surface area contributed by atoms with Gasteiger partial charge in [-0.1, -0.05) is 34.5 Å². The van der Waals surface area contributed by atoms with Gasteiger partial charge in [-0.05, 0) is 31.5 Å². The molecule has 1 fully saturated rings. The van der Waals surface area contributed by atoms with Crippen molar-refractivity contribution in [2.75, 3.05) is 54.9 Å². The molecule has 0 bridgehead atoms. The van der Waals surface area contributed by atoms with Crippen LogP contribution in [0.25, 0.3) is 0 Å². The van der Waals surface area contributed by atoms with E-state index in [1.54, 1.807) is 12.1 Å². The summed E-state index contributed by atoms with van der Waals surface area (Å²) in [5.74, 6) is 1.78. The molecule has 9 nitrogen and oxygen atoms in total. The van der Waals surface area contributed by atoms with Crippen molar-refractivity contribution in [3.63, 3.8) is 0 Å². The minimum absolute atomic E-state index is 0.168. The number of β-amino-alcohol motifs (C(OH)–C–C–N with tert-alkyl or cyclic N) is 1. The predicted octanol–water partition coefficient (Wildman–Crippen LogP) is 3.97. The van der Waals surface area contributed by atoms with E-state index < -0.39 is 0 Å². The molecule has 0 saturated carbocycles. The number of carbonyl (C=O) groups is 1. The Labute approximate surface area is 211 Å². The highest BCUT2D eigenvalue weighted by molar-refractivity contribution is 7.17. The van der Waals surface area contributed by atoms with Gasteiger partial charge in [0.15, 0.2) is 5.13 Å².